The zero-order valence-electron chi connectivity index (χ0n) is 13.5. The second-order valence-electron chi connectivity index (χ2n) is 6.69. The fraction of sp³-hybridized carbons (Fsp3) is 0.556. The molecule has 2 aliphatic heterocycles. The summed E-state index contributed by atoms with van der Waals surface area (Å²) in [4.78, 5) is 28.0. The number of amides is 2. The van der Waals surface area contributed by atoms with Crippen LogP contribution in [0.25, 0.3) is 0 Å². The van der Waals surface area contributed by atoms with E-state index in [0.29, 0.717) is 6.42 Å². The first-order valence-corrected chi connectivity index (χ1v) is 8.36. The number of imide groups is 1. The van der Waals surface area contributed by atoms with E-state index in [1.807, 2.05) is 32.0 Å². The molecule has 0 bridgehead atoms. The molecule has 1 atom stereocenters. The molecule has 4 nitrogen and oxygen atoms in total. The van der Waals surface area contributed by atoms with E-state index < -0.39 is 0 Å². The summed E-state index contributed by atoms with van der Waals surface area (Å²) in [5.74, 6) is -0.0486. The number of anilines is 1. The molecule has 1 aromatic rings. The number of carbonyl (C=O) groups excluding carboxylic acids is 2. The maximum Gasteiger partial charge on any atom is 0.292 e. The SMILES string of the molecule is Cc1ccc(N2C(=O)C[C@@H]([NH+]3CCCCCC3)C2=O)c(C)c1. The average Bonchev–Trinajstić information content (AvgIpc) is 2.69. The van der Waals surface area contributed by atoms with Crippen molar-refractivity contribution in [2.75, 3.05) is 18.0 Å². The first-order chi connectivity index (χ1) is 10.6. The number of hydrogen-bond donors (Lipinski definition) is 1. The monoisotopic (exact) mass is 301 g/mol. The summed E-state index contributed by atoms with van der Waals surface area (Å²) >= 11 is 0. The van der Waals surface area contributed by atoms with Crippen LogP contribution in [-0.4, -0.2) is 30.9 Å². The van der Waals surface area contributed by atoms with E-state index in [4.69, 9.17) is 0 Å². The Kier molecular flexibility index (Phi) is 4.30. The van der Waals surface area contributed by atoms with E-state index in [1.54, 1.807) is 0 Å². The number of nitrogens with zero attached hydrogens (tertiary/aromatic N) is 1. The van der Waals surface area contributed by atoms with Crippen molar-refractivity contribution < 1.29 is 14.5 Å². The molecule has 2 saturated heterocycles. The molecule has 22 heavy (non-hydrogen) atoms. The van der Waals surface area contributed by atoms with Crippen molar-refractivity contribution in [2.45, 2.75) is 52.0 Å². The lowest BCUT2D eigenvalue weighted by molar-refractivity contribution is -0.914. The number of rotatable bonds is 2. The molecule has 3 rings (SSSR count). The van der Waals surface area contributed by atoms with Crippen molar-refractivity contribution in [3.63, 3.8) is 0 Å². The van der Waals surface area contributed by atoms with Gasteiger partial charge in [-0.2, -0.15) is 0 Å². The lowest BCUT2D eigenvalue weighted by Gasteiger charge is -2.23. The molecule has 1 aromatic carbocycles. The van der Waals surface area contributed by atoms with Gasteiger partial charge >= 0.3 is 0 Å². The summed E-state index contributed by atoms with van der Waals surface area (Å²) in [5, 5.41) is 0. The molecule has 2 heterocycles. The summed E-state index contributed by atoms with van der Waals surface area (Å²) in [6.45, 7) is 6.03. The molecule has 0 spiro atoms. The third-order valence-corrected chi connectivity index (χ3v) is 4.98. The van der Waals surface area contributed by atoms with Crippen LogP contribution in [0.3, 0.4) is 0 Å². The number of likely N-dealkylation sites (tertiary alicyclic amines) is 1. The zero-order valence-corrected chi connectivity index (χ0v) is 13.5. The normalized spacial score (nSPS) is 23.9. The first-order valence-electron chi connectivity index (χ1n) is 8.36. The van der Waals surface area contributed by atoms with Gasteiger partial charge in [0.05, 0.1) is 25.2 Å². The molecular weight excluding hydrogens is 276 g/mol. The van der Waals surface area contributed by atoms with Crippen molar-refractivity contribution >= 4 is 17.5 Å². The fourth-order valence-electron chi connectivity index (χ4n) is 3.79. The van der Waals surface area contributed by atoms with Gasteiger partial charge in [-0.1, -0.05) is 17.7 Å². The molecule has 1 N–H and O–H groups in total. The summed E-state index contributed by atoms with van der Waals surface area (Å²) in [6.07, 6.45) is 5.19. The van der Waals surface area contributed by atoms with Crippen LogP contribution < -0.4 is 9.80 Å². The van der Waals surface area contributed by atoms with Crippen LogP contribution in [0.5, 0.6) is 0 Å². The molecule has 0 saturated carbocycles. The minimum absolute atomic E-state index is 0.00569. The number of hydrogen-bond acceptors (Lipinski definition) is 2. The van der Waals surface area contributed by atoms with E-state index in [2.05, 4.69) is 0 Å². The summed E-state index contributed by atoms with van der Waals surface area (Å²) < 4.78 is 0. The average molecular weight is 301 g/mol. The van der Waals surface area contributed by atoms with Crippen LogP contribution in [0, 0.1) is 13.8 Å². The first kappa shape index (κ1) is 15.2. The van der Waals surface area contributed by atoms with Gasteiger partial charge in [0.25, 0.3) is 5.91 Å². The van der Waals surface area contributed by atoms with Crippen LogP contribution in [0.4, 0.5) is 5.69 Å². The van der Waals surface area contributed by atoms with Crippen molar-refractivity contribution in [2.24, 2.45) is 0 Å². The Balaban J connectivity index is 1.84. The Bertz CT molecular complexity index is 589. The van der Waals surface area contributed by atoms with E-state index in [-0.39, 0.29) is 17.9 Å². The minimum atomic E-state index is -0.175. The summed E-state index contributed by atoms with van der Waals surface area (Å²) in [6, 6.07) is 5.73. The van der Waals surface area contributed by atoms with E-state index >= 15 is 0 Å². The highest BCUT2D eigenvalue weighted by Gasteiger charge is 2.45. The standard InChI is InChI=1S/C18H24N2O2/c1-13-7-8-15(14(2)11-13)20-17(21)12-16(18(20)22)19-9-5-3-4-6-10-19/h7-8,11,16H,3-6,9-10,12H2,1-2H3/p+1/t16-/m1/s1. The minimum Gasteiger partial charge on any atom is -0.324 e. The van der Waals surface area contributed by atoms with Gasteiger partial charge in [-0.15, -0.1) is 0 Å². The maximum atomic E-state index is 12.8. The topological polar surface area (TPSA) is 41.8 Å². The third kappa shape index (κ3) is 2.80. The molecule has 118 valence electrons. The Labute approximate surface area is 132 Å². The zero-order chi connectivity index (χ0) is 15.7. The van der Waals surface area contributed by atoms with Gasteiger partial charge < -0.3 is 4.90 Å². The molecule has 0 unspecified atom stereocenters. The van der Waals surface area contributed by atoms with Crippen molar-refractivity contribution in [1.82, 2.24) is 0 Å². The van der Waals surface area contributed by atoms with Crippen LogP contribution >= 0.6 is 0 Å². The molecule has 0 aliphatic carbocycles. The summed E-state index contributed by atoms with van der Waals surface area (Å²) in [7, 11) is 0. The highest BCUT2D eigenvalue weighted by molar-refractivity contribution is 6.22. The quantitative estimate of drug-likeness (QED) is 0.839. The highest BCUT2D eigenvalue weighted by atomic mass is 16.2. The van der Waals surface area contributed by atoms with E-state index in [1.165, 1.54) is 22.6 Å². The van der Waals surface area contributed by atoms with Gasteiger partial charge in [-0.25, -0.2) is 4.90 Å². The second-order valence-corrected chi connectivity index (χ2v) is 6.69. The number of carbonyl (C=O) groups is 2. The number of nitrogens with one attached hydrogen (secondary N) is 1. The third-order valence-electron chi connectivity index (χ3n) is 4.98. The van der Waals surface area contributed by atoms with Crippen LogP contribution in [0.15, 0.2) is 18.2 Å². The van der Waals surface area contributed by atoms with Crippen molar-refractivity contribution in [3.05, 3.63) is 29.3 Å². The highest BCUT2D eigenvalue weighted by Crippen LogP contribution is 2.26. The Morgan fingerprint density at radius 3 is 2.36 bits per heavy atom. The van der Waals surface area contributed by atoms with Crippen LogP contribution in [-0.2, 0) is 9.59 Å². The molecule has 2 amide bonds. The number of benzene rings is 1. The van der Waals surface area contributed by atoms with Gasteiger partial charge in [0.1, 0.15) is 0 Å². The number of aryl methyl sites for hydroxylation is 2. The predicted molar refractivity (Wildman–Crippen MR) is 86.0 cm³/mol. The van der Waals surface area contributed by atoms with Gasteiger partial charge in [-0.3, -0.25) is 9.59 Å². The second kappa shape index (κ2) is 6.21. The van der Waals surface area contributed by atoms with Crippen molar-refractivity contribution in [1.29, 1.82) is 0 Å². The largest absolute Gasteiger partial charge is 0.324 e. The Hall–Kier alpha value is -1.68. The van der Waals surface area contributed by atoms with Gasteiger partial charge in [-0.05, 0) is 51.2 Å². The molecule has 0 radical (unpaired) electrons. The van der Waals surface area contributed by atoms with Gasteiger partial charge in [0.2, 0.25) is 5.91 Å². The fourth-order valence-corrected chi connectivity index (χ4v) is 3.79. The Morgan fingerprint density at radius 1 is 1.05 bits per heavy atom. The number of quaternary nitrogens is 1. The molecule has 0 aromatic heterocycles. The molecule has 4 heteroatoms. The summed E-state index contributed by atoms with van der Waals surface area (Å²) in [5.41, 5.74) is 2.90. The lowest BCUT2D eigenvalue weighted by atomic mass is 10.1. The predicted octanol–water partition coefficient (Wildman–Crippen LogP) is 1.39. The molecule has 2 aliphatic rings. The molecule has 2 fully saturated rings. The van der Waals surface area contributed by atoms with Crippen LogP contribution in [0.1, 0.15) is 43.2 Å². The lowest BCUT2D eigenvalue weighted by Crippen LogP contribution is -3.16. The van der Waals surface area contributed by atoms with Gasteiger partial charge in [0.15, 0.2) is 6.04 Å². The van der Waals surface area contributed by atoms with E-state index in [0.717, 1.165) is 42.7 Å². The van der Waals surface area contributed by atoms with E-state index in [9.17, 15) is 9.59 Å². The van der Waals surface area contributed by atoms with Crippen molar-refractivity contribution in [3.8, 4) is 0 Å². The maximum absolute atomic E-state index is 12.8. The van der Waals surface area contributed by atoms with Crippen LogP contribution in [0.2, 0.25) is 0 Å². The smallest absolute Gasteiger partial charge is 0.292 e. The molecular formula is C18H25N2O2+. The Morgan fingerprint density at radius 2 is 1.73 bits per heavy atom. The van der Waals surface area contributed by atoms with Gasteiger partial charge in [0, 0.05) is 0 Å².